The third-order valence-electron chi connectivity index (χ3n) is 3.31. The first kappa shape index (κ1) is 14.3. The summed E-state index contributed by atoms with van der Waals surface area (Å²) in [5, 5.41) is 2.43. The number of halogens is 3. The molecule has 0 aliphatic rings. The lowest BCUT2D eigenvalue weighted by molar-refractivity contribution is 0.258. The van der Waals surface area contributed by atoms with Crippen LogP contribution in [-0.4, -0.2) is 5.33 Å². The Hall–Kier alpha value is 0.280. The van der Waals surface area contributed by atoms with Gasteiger partial charge in [0.15, 0.2) is 0 Å². The van der Waals surface area contributed by atoms with Crippen LogP contribution < -0.4 is 0 Å². The van der Waals surface area contributed by atoms with Gasteiger partial charge in [-0.25, -0.2) is 0 Å². The SMILES string of the molecule is CC(C)C(C)(CBr)Cc1ccc(Cl)cc1Cl. The van der Waals surface area contributed by atoms with Gasteiger partial charge in [0.05, 0.1) is 0 Å². The molecule has 0 amide bonds. The quantitative estimate of drug-likeness (QED) is 0.633. The van der Waals surface area contributed by atoms with Gasteiger partial charge in [-0.15, -0.1) is 0 Å². The van der Waals surface area contributed by atoms with E-state index < -0.39 is 0 Å². The van der Waals surface area contributed by atoms with E-state index in [1.807, 2.05) is 18.2 Å². The Bertz CT molecular complexity index is 363. The molecule has 1 unspecified atom stereocenters. The van der Waals surface area contributed by atoms with Gasteiger partial charge in [-0.1, -0.05) is 66.0 Å². The molecule has 0 spiro atoms. The second-order valence-electron chi connectivity index (χ2n) is 4.85. The average molecular weight is 324 g/mol. The molecule has 1 aromatic rings. The topological polar surface area (TPSA) is 0 Å². The normalized spacial score (nSPS) is 15.2. The Morgan fingerprint density at radius 2 is 1.94 bits per heavy atom. The highest BCUT2D eigenvalue weighted by Gasteiger charge is 2.28. The maximum Gasteiger partial charge on any atom is 0.0453 e. The second kappa shape index (κ2) is 5.75. The van der Waals surface area contributed by atoms with E-state index in [1.54, 1.807) is 0 Å². The van der Waals surface area contributed by atoms with E-state index in [2.05, 4.69) is 36.7 Å². The summed E-state index contributed by atoms with van der Waals surface area (Å²) in [4.78, 5) is 0. The Labute approximate surface area is 116 Å². The van der Waals surface area contributed by atoms with Gasteiger partial charge < -0.3 is 0 Å². The first-order chi connectivity index (χ1) is 7.39. The molecule has 0 aliphatic carbocycles. The van der Waals surface area contributed by atoms with E-state index in [9.17, 15) is 0 Å². The van der Waals surface area contributed by atoms with Gasteiger partial charge in [-0.05, 0) is 35.4 Å². The second-order valence-corrected chi connectivity index (χ2v) is 6.26. The fourth-order valence-electron chi connectivity index (χ4n) is 1.51. The number of hydrogen-bond donors (Lipinski definition) is 0. The summed E-state index contributed by atoms with van der Waals surface area (Å²) in [5.41, 5.74) is 1.39. The van der Waals surface area contributed by atoms with Crippen molar-refractivity contribution in [3.05, 3.63) is 33.8 Å². The minimum atomic E-state index is 0.220. The zero-order valence-electron chi connectivity index (χ0n) is 9.86. The van der Waals surface area contributed by atoms with Gasteiger partial charge in [0.2, 0.25) is 0 Å². The van der Waals surface area contributed by atoms with E-state index in [4.69, 9.17) is 23.2 Å². The molecule has 0 nitrogen and oxygen atoms in total. The van der Waals surface area contributed by atoms with Crippen LogP contribution in [0.15, 0.2) is 18.2 Å². The van der Waals surface area contributed by atoms with Crippen molar-refractivity contribution in [2.24, 2.45) is 11.3 Å². The monoisotopic (exact) mass is 322 g/mol. The van der Waals surface area contributed by atoms with Crippen LogP contribution in [-0.2, 0) is 6.42 Å². The van der Waals surface area contributed by atoms with Crippen molar-refractivity contribution in [2.75, 3.05) is 5.33 Å². The molecule has 0 bridgehead atoms. The van der Waals surface area contributed by atoms with Crippen molar-refractivity contribution in [1.82, 2.24) is 0 Å². The standard InChI is InChI=1S/C13H17BrCl2/c1-9(2)13(3,8-14)7-10-4-5-11(15)6-12(10)16/h4-6,9H,7-8H2,1-3H3. The minimum absolute atomic E-state index is 0.220. The fraction of sp³-hybridized carbons (Fsp3) is 0.538. The molecular formula is C13H17BrCl2. The highest BCUT2D eigenvalue weighted by atomic mass is 79.9. The summed E-state index contributed by atoms with van der Waals surface area (Å²) in [7, 11) is 0. The van der Waals surface area contributed by atoms with Crippen molar-refractivity contribution < 1.29 is 0 Å². The van der Waals surface area contributed by atoms with Crippen molar-refractivity contribution in [2.45, 2.75) is 27.2 Å². The maximum atomic E-state index is 6.20. The third kappa shape index (κ3) is 3.38. The summed E-state index contributed by atoms with van der Waals surface area (Å²) in [6.45, 7) is 6.76. The van der Waals surface area contributed by atoms with Crippen LogP contribution in [0.1, 0.15) is 26.3 Å². The molecule has 0 aliphatic heterocycles. The lowest BCUT2D eigenvalue weighted by Gasteiger charge is -2.32. The van der Waals surface area contributed by atoms with E-state index >= 15 is 0 Å². The molecular weight excluding hydrogens is 307 g/mol. The van der Waals surface area contributed by atoms with Crippen molar-refractivity contribution in [1.29, 1.82) is 0 Å². The minimum Gasteiger partial charge on any atom is -0.0922 e. The van der Waals surface area contributed by atoms with Crippen LogP contribution in [0.25, 0.3) is 0 Å². The first-order valence-electron chi connectivity index (χ1n) is 5.39. The van der Waals surface area contributed by atoms with Crippen molar-refractivity contribution in [3.63, 3.8) is 0 Å². The third-order valence-corrected chi connectivity index (χ3v) is 5.18. The Kier molecular flexibility index (Phi) is 5.15. The summed E-state index contributed by atoms with van der Waals surface area (Å²) in [5.74, 6) is 0.596. The van der Waals surface area contributed by atoms with Crippen LogP contribution in [0.5, 0.6) is 0 Å². The van der Waals surface area contributed by atoms with Gasteiger partial charge in [0.25, 0.3) is 0 Å². The summed E-state index contributed by atoms with van der Waals surface area (Å²) in [6.07, 6.45) is 0.964. The maximum absolute atomic E-state index is 6.20. The van der Waals surface area contributed by atoms with Crippen LogP contribution in [0.4, 0.5) is 0 Å². The molecule has 0 fully saturated rings. The summed E-state index contributed by atoms with van der Waals surface area (Å²) in [6, 6.07) is 5.74. The van der Waals surface area contributed by atoms with Crippen LogP contribution in [0, 0.1) is 11.3 Å². The molecule has 1 aromatic carbocycles. The van der Waals surface area contributed by atoms with Crippen molar-refractivity contribution >= 4 is 39.1 Å². The molecule has 3 heteroatoms. The number of rotatable bonds is 4. The Morgan fingerprint density at radius 1 is 1.31 bits per heavy atom. The molecule has 0 saturated heterocycles. The predicted octanol–water partition coefficient (Wildman–Crippen LogP) is 5.59. The van der Waals surface area contributed by atoms with Crippen LogP contribution >= 0.6 is 39.1 Å². The molecule has 1 atom stereocenters. The average Bonchev–Trinajstić information content (AvgIpc) is 2.22. The van der Waals surface area contributed by atoms with E-state index in [-0.39, 0.29) is 5.41 Å². The van der Waals surface area contributed by atoms with Crippen LogP contribution in [0.3, 0.4) is 0 Å². The van der Waals surface area contributed by atoms with Gasteiger partial charge in [-0.2, -0.15) is 0 Å². The van der Waals surface area contributed by atoms with Gasteiger partial charge in [0, 0.05) is 15.4 Å². The van der Waals surface area contributed by atoms with Crippen molar-refractivity contribution in [3.8, 4) is 0 Å². The molecule has 0 N–H and O–H groups in total. The first-order valence-corrected chi connectivity index (χ1v) is 7.26. The lowest BCUT2D eigenvalue weighted by atomic mass is 9.76. The zero-order valence-corrected chi connectivity index (χ0v) is 13.0. The van der Waals surface area contributed by atoms with E-state index in [0.717, 1.165) is 16.8 Å². The Morgan fingerprint density at radius 3 is 2.38 bits per heavy atom. The molecule has 0 saturated carbocycles. The van der Waals surface area contributed by atoms with Gasteiger partial charge in [0.1, 0.15) is 0 Å². The molecule has 0 radical (unpaired) electrons. The number of benzene rings is 1. The van der Waals surface area contributed by atoms with Gasteiger partial charge >= 0.3 is 0 Å². The largest absolute Gasteiger partial charge is 0.0922 e. The summed E-state index contributed by atoms with van der Waals surface area (Å²) < 4.78 is 0. The lowest BCUT2D eigenvalue weighted by Crippen LogP contribution is -2.28. The molecule has 90 valence electrons. The molecule has 16 heavy (non-hydrogen) atoms. The van der Waals surface area contributed by atoms with E-state index in [0.29, 0.717) is 10.9 Å². The number of hydrogen-bond acceptors (Lipinski definition) is 0. The smallest absolute Gasteiger partial charge is 0.0453 e. The highest BCUT2D eigenvalue weighted by molar-refractivity contribution is 9.09. The molecule has 0 heterocycles. The van der Waals surface area contributed by atoms with E-state index in [1.165, 1.54) is 5.56 Å². The number of alkyl halides is 1. The zero-order chi connectivity index (χ0) is 12.3. The summed E-state index contributed by atoms with van der Waals surface area (Å²) >= 11 is 15.7. The van der Waals surface area contributed by atoms with Gasteiger partial charge in [-0.3, -0.25) is 0 Å². The Balaban J connectivity index is 2.95. The molecule has 0 aromatic heterocycles. The predicted molar refractivity (Wildman–Crippen MR) is 76.9 cm³/mol. The highest BCUT2D eigenvalue weighted by Crippen LogP contribution is 2.35. The van der Waals surface area contributed by atoms with Crippen LogP contribution in [0.2, 0.25) is 10.0 Å². The molecule has 1 rings (SSSR count). The fourth-order valence-corrected chi connectivity index (χ4v) is 2.83.